The number of para-hydroxylation sites is 2. The number of nitrogens with one attached hydrogen (secondary N) is 1. The molecule has 0 saturated heterocycles. The summed E-state index contributed by atoms with van der Waals surface area (Å²) in [7, 11) is 1.85. The molecule has 0 radical (unpaired) electrons. The van der Waals surface area contributed by atoms with Crippen molar-refractivity contribution in [3.05, 3.63) is 95.5 Å². The standard InChI is InChI=1S/C18H13N3OS.C7H10N2/c22-12-16-7-8-18(23-16)17-11-21(20-19-17)10-13-5-6-14-3-1-2-4-15(14)9-13;1-9-7-5-3-2-4-6(7)8/h1-9,11-12H,10H2;2-5,9H,8H2,1H3. The predicted molar refractivity (Wildman–Crippen MR) is 132 cm³/mol. The summed E-state index contributed by atoms with van der Waals surface area (Å²) < 4.78 is 1.82. The van der Waals surface area contributed by atoms with E-state index >= 15 is 0 Å². The van der Waals surface area contributed by atoms with Crippen LogP contribution >= 0.6 is 11.3 Å². The van der Waals surface area contributed by atoms with Crippen molar-refractivity contribution in [3.63, 3.8) is 0 Å². The van der Waals surface area contributed by atoms with E-state index in [1.807, 2.05) is 60.4 Å². The summed E-state index contributed by atoms with van der Waals surface area (Å²) in [5.74, 6) is 0. The van der Waals surface area contributed by atoms with E-state index in [0.717, 1.165) is 28.2 Å². The SMILES string of the molecule is CNc1ccccc1N.O=Cc1ccc(-c2cn(Cc3ccc4ccccc4c3)nn2)s1. The van der Waals surface area contributed by atoms with Gasteiger partial charge in [-0.3, -0.25) is 4.79 Å². The molecule has 2 heterocycles. The molecule has 7 heteroatoms. The van der Waals surface area contributed by atoms with Crippen LogP contribution in [-0.2, 0) is 6.54 Å². The van der Waals surface area contributed by atoms with Gasteiger partial charge in [-0.1, -0.05) is 53.7 Å². The number of aromatic nitrogens is 3. The average Bonchev–Trinajstić information content (AvgIpc) is 3.49. The van der Waals surface area contributed by atoms with E-state index in [9.17, 15) is 4.79 Å². The molecule has 0 atom stereocenters. The summed E-state index contributed by atoms with van der Waals surface area (Å²) in [6, 6.07) is 26.1. The van der Waals surface area contributed by atoms with Crippen LogP contribution in [0.3, 0.4) is 0 Å². The molecule has 0 saturated carbocycles. The number of nitrogens with zero attached hydrogens (tertiary/aromatic N) is 3. The van der Waals surface area contributed by atoms with Crippen molar-refractivity contribution in [1.82, 2.24) is 15.0 Å². The zero-order valence-electron chi connectivity index (χ0n) is 17.6. The van der Waals surface area contributed by atoms with Gasteiger partial charge >= 0.3 is 0 Å². The molecule has 0 fully saturated rings. The van der Waals surface area contributed by atoms with Gasteiger partial charge < -0.3 is 11.1 Å². The van der Waals surface area contributed by atoms with Crippen LogP contribution in [0.2, 0.25) is 0 Å². The highest BCUT2D eigenvalue weighted by molar-refractivity contribution is 7.17. The Kier molecular flexibility index (Phi) is 6.57. The largest absolute Gasteiger partial charge is 0.397 e. The van der Waals surface area contributed by atoms with Crippen LogP contribution in [0.1, 0.15) is 15.2 Å². The first-order valence-electron chi connectivity index (χ1n) is 10.1. The topological polar surface area (TPSA) is 85.8 Å². The fourth-order valence-corrected chi connectivity index (χ4v) is 4.06. The molecule has 3 aromatic carbocycles. The monoisotopic (exact) mass is 441 g/mol. The maximum Gasteiger partial charge on any atom is 0.160 e. The van der Waals surface area contributed by atoms with Gasteiger partial charge in [0.05, 0.1) is 33.9 Å². The Labute approximate surface area is 190 Å². The van der Waals surface area contributed by atoms with Gasteiger partial charge in [-0.25, -0.2) is 4.68 Å². The maximum atomic E-state index is 10.8. The number of rotatable bonds is 5. The Bertz CT molecular complexity index is 1340. The molecule has 0 aliphatic carbocycles. The number of fused-ring (bicyclic) bond motifs is 1. The number of hydrogen-bond donors (Lipinski definition) is 2. The second-order valence-electron chi connectivity index (χ2n) is 7.14. The molecule has 0 amide bonds. The molecule has 0 unspecified atom stereocenters. The number of aldehydes is 1. The lowest BCUT2D eigenvalue weighted by Gasteiger charge is -2.03. The second-order valence-corrected chi connectivity index (χ2v) is 8.26. The van der Waals surface area contributed by atoms with E-state index in [2.05, 4.69) is 46.0 Å². The van der Waals surface area contributed by atoms with Crippen LogP contribution in [0.15, 0.2) is 85.1 Å². The molecule has 6 nitrogen and oxygen atoms in total. The first-order valence-corrected chi connectivity index (χ1v) is 10.9. The third-order valence-corrected chi connectivity index (χ3v) is 5.96. The number of hydrogen-bond acceptors (Lipinski definition) is 6. The van der Waals surface area contributed by atoms with Crippen LogP contribution in [-0.4, -0.2) is 28.3 Å². The van der Waals surface area contributed by atoms with Gasteiger partial charge in [-0.05, 0) is 46.7 Å². The van der Waals surface area contributed by atoms with Gasteiger partial charge in [0.25, 0.3) is 0 Å². The van der Waals surface area contributed by atoms with Crippen LogP contribution in [0.4, 0.5) is 11.4 Å². The van der Waals surface area contributed by atoms with Crippen molar-refractivity contribution < 1.29 is 4.79 Å². The molecule has 0 bridgehead atoms. The lowest BCUT2D eigenvalue weighted by molar-refractivity contribution is 0.112. The summed E-state index contributed by atoms with van der Waals surface area (Å²) in [6.07, 6.45) is 2.77. The number of benzene rings is 3. The number of anilines is 2. The number of nitrogens with two attached hydrogens (primary N) is 1. The van der Waals surface area contributed by atoms with E-state index in [0.29, 0.717) is 11.4 Å². The quantitative estimate of drug-likeness (QED) is 0.284. The number of carbonyl (C=O) groups is 1. The summed E-state index contributed by atoms with van der Waals surface area (Å²) in [5, 5.41) is 13.8. The molecule has 0 spiro atoms. The summed E-state index contributed by atoms with van der Waals surface area (Å²) in [6.45, 7) is 0.670. The minimum Gasteiger partial charge on any atom is -0.397 e. The van der Waals surface area contributed by atoms with Crippen molar-refractivity contribution in [1.29, 1.82) is 0 Å². The molecule has 2 aromatic heterocycles. The Hall–Kier alpha value is -3.97. The number of carbonyl (C=O) groups excluding carboxylic acids is 1. The Balaban J connectivity index is 0.000000230. The second kappa shape index (κ2) is 9.89. The first-order chi connectivity index (χ1) is 15.7. The fraction of sp³-hybridized carbons (Fsp3) is 0.0800. The third-order valence-electron chi connectivity index (χ3n) is 4.92. The maximum absolute atomic E-state index is 10.8. The predicted octanol–water partition coefficient (Wildman–Crippen LogP) is 5.33. The molecule has 0 aliphatic heterocycles. The van der Waals surface area contributed by atoms with E-state index in [1.165, 1.54) is 27.7 Å². The molecule has 5 rings (SSSR count). The Morgan fingerprint density at radius 2 is 1.78 bits per heavy atom. The molecular formula is C25H23N5OS. The van der Waals surface area contributed by atoms with Crippen LogP contribution in [0.5, 0.6) is 0 Å². The van der Waals surface area contributed by atoms with Crippen molar-refractivity contribution in [2.45, 2.75) is 6.54 Å². The van der Waals surface area contributed by atoms with Crippen molar-refractivity contribution in [2.75, 3.05) is 18.1 Å². The smallest absolute Gasteiger partial charge is 0.160 e. The minimum atomic E-state index is 0.670. The van der Waals surface area contributed by atoms with E-state index in [4.69, 9.17) is 5.73 Å². The van der Waals surface area contributed by atoms with Gasteiger partial charge in [0.2, 0.25) is 0 Å². The lowest BCUT2D eigenvalue weighted by Crippen LogP contribution is -2.00. The first kappa shape index (κ1) is 21.3. The van der Waals surface area contributed by atoms with Crippen molar-refractivity contribution in [3.8, 4) is 10.6 Å². The van der Waals surface area contributed by atoms with Crippen LogP contribution < -0.4 is 11.1 Å². The minimum absolute atomic E-state index is 0.670. The van der Waals surface area contributed by atoms with E-state index in [1.54, 1.807) is 6.07 Å². The average molecular weight is 442 g/mol. The molecule has 3 N–H and O–H groups in total. The van der Waals surface area contributed by atoms with Gasteiger partial charge in [0, 0.05) is 7.05 Å². The van der Waals surface area contributed by atoms with E-state index in [-0.39, 0.29) is 0 Å². The summed E-state index contributed by atoms with van der Waals surface area (Å²) in [4.78, 5) is 12.4. The Morgan fingerprint density at radius 3 is 2.50 bits per heavy atom. The van der Waals surface area contributed by atoms with Gasteiger partial charge in [0.1, 0.15) is 5.69 Å². The zero-order chi connectivity index (χ0) is 22.3. The Morgan fingerprint density at radius 1 is 1.00 bits per heavy atom. The van der Waals surface area contributed by atoms with Crippen LogP contribution in [0, 0.1) is 0 Å². The number of thiophene rings is 1. The zero-order valence-corrected chi connectivity index (χ0v) is 18.4. The van der Waals surface area contributed by atoms with Gasteiger partial charge in [0.15, 0.2) is 6.29 Å². The fourth-order valence-electron chi connectivity index (χ4n) is 3.29. The molecule has 0 aliphatic rings. The highest BCUT2D eigenvalue weighted by atomic mass is 32.1. The molecule has 32 heavy (non-hydrogen) atoms. The summed E-state index contributed by atoms with van der Waals surface area (Å²) >= 11 is 1.42. The van der Waals surface area contributed by atoms with Crippen LogP contribution in [0.25, 0.3) is 21.3 Å². The normalized spacial score (nSPS) is 10.4. The van der Waals surface area contributed by atoms with Crippen molar-refractivity contribution in [2.24, 2.45) is 0 Å². The van der Waals surface area contributed by atoms with Gasteiger partial charge in [-0.2, -0.15) is 0 Å². The molecular weight excluding hydrogens is 418 g/mol. The van der Waals surface area contributed by atoms with Crippen molar-refractivity contribution >= 4 is 39.8 Å². The molecule has 5 aromatic rings. The highest BCUT2D eigenvalue weighted by Crippen LogP contribution is 2.25. The highest BCUT2D eigenvalue weighted by Gasteiger charge is 2.07. The third kappa shape index (κ3) is 5.01. The lowest BCUT2D eigenvalue weighted by atomic mass is 10.1. The number of nitrogen functional groups attached to an aromatic ring is 1. The molecule has 160 valence electrons. The van der Waals surface area contributed by atoms with Gasteiger partial charge in [-0.15, -0.1) is 16.4 Å². The van der Waals surface area contributed by atoms with E-state index < -0.39 is 0 Å². The summed E-state index contributed by atoms with van der Waals surface area (Å²) in [5.41, 5.74) is 9.32.